The molecule has 1 saturated carbocycles. The molecule has 1 aliphatic carbocycles. The van der Waals surface area contributed by atoms with Gasteiger partial charge in [0.2, 0.25) is 0 Å². The van der Waals surface area contributed by atoms with Gasteiger partial charge in [0.05, 0.1) is 24.3 Å². The first-order valence-electron chi connectivity index (χ1n) is 8.90. The van der Waals surface area contributed by atoms with Gasteiger partial charge in [0, 0.05) is 24.0 Å². The van der Waals surface area contributed by atoms with E-state index in [1.54, 1.807) is 6.20 Å². The molecule has 0 radical (unpaired) electrons. The van der Waals surface area contributed by atoms with Gasteiger partial charge >= 0.3 is 6.03 Å². The predicted molar refractivity (Wildman–Crippen MR) is 97.0 cm³/mol. The Hall–Kier alpha value is -3.08. The highest BCUT2D eigenvalue weighted by atomic mass is 16.2. The van der Waals surface area contributed by atoms with Gasteiger partial charge in [0.1, 0.15) is 17.0 Å². The van der Waals surface area contributed by atoms with Gasteiger partial charge in [-0.05, 0) is 37.7 Å². The minimum atomic E-state index is -0.564. The maximum Gasteiger partial charge on any atom is 0.312 e. The SMILES string of the molecule is N#CCC1CCC(n2c(CNC(N)=O)nc3cnc4[nH]ccc4c32)CC1. The van der Waals surface area contributed by atoms with E-state index in [0.29, 0.717) is 18.4 Å². The van der Waals surface area contributed by atoms with Crippen molar-refractivity contribution in [1.82, 2.24) is 24.8 Å². The van der Waals surface area contributed by atoms with Crippen LogP contribution in [0.15, 0.2) is 18.5 Å². The van der Waals surface area contributed by atoms with Crippen LogP contribution in [0.5, 0.6) is 0 Å². The fourth-order valence-corrected chi connectivity index (χ4v) is 4.06. The van der Waals surface area contributed by atoms with E-state index in [0.717, 1.165) is 53.6 Å². The molecule has 3 aromatic heterocycles. The van der Waals surface area contributed by atoms with Gasteiger partial charge in [0.15, 0.2) is 0 Å². The van der Waals surface area contributed by atoms with Crippen LogP contribution >= 0.6 is 0 Å². The average molecular weight is 351 g/mol. The van der Waals surface area contributed by atoms with E-state index in [9.17, 15) is 4.79 Å². The molecule has 0 spiro atoms. The molecule has 8 heteroatoms. The van der Waals surface area contributed by atoms with Crippen LogP contribution in [0.25, 0.3) is 22.1 Å². The standard InChI is InChI=1S/C18H21N7O/c19-7-5-11-1-3-12(4-2-11)25-15(10-23-18(20)26)24-14-9-22-17-13(16(14)25)6-8-21-17/h6,8-9,11-12H,1-5,10H2,(H,21,22)(H3,20,23,26). The summed E-state index contributed by atoms with van der Waals surface area (Å²) in [6.45, 7) is 0.286. The number of primary amides is 1. The summed E-state index contributed by atoms with van der Waals surface area (Å²) in [5.41, 5.74) is 7.94. The van der Waals surface area contributed by atoms with Crippen molar-refractivity contribution in [2.45, 2.75) is 44.7 Å². The average Bonchev–Trinajstić information content (AvgIpc) is 3.24. The second-order valence-corrected chi connectivity index (χ2v) is 6.88. The molecule has 0 atom stereocenters. The van der Waals surface area contributed by atoms with Crippen LogP contribution in [-0.2, 0) is 6.54 Å². The summed E-state index contributed by atoms with van der Waals surface area (Å²) in [6.07, 6.45) is 8.31. The summed E-state index contributed by atoms with van der Waals surface area (Å²) < 4.78 is 2.24. The molecule has 3 aromatic rings. The van der Waals surface area contributed by atoms with E-state index >= 15 is 0 Å². The smallest absolute Gasteiger partial charge is 0.312 e. The molecule has 134 valence electrons. The van der Waals surface area contributed by atoms with Crippen LogP contribution in [0.2, 0.25) is 0 Å². The quantitative estimate of drug-likeness (QED) is 0.668. The molecule has 4 rings (SSSR count). The molecule has 1 fully saturated rings. The molecule has 0 unspecified atom stereocenters. The van der Waals surface area contributed by atoms with Crippen molar-refractivity contribution in [3.05, 3.63) is 24.3 Å². The third-order valence-electron chi connectivity index (χ3n) is 5.29. The highest BCUT2D eigenvalue weighted by Crippen LogP contribution is 2.37. The summed E-state index contributed by atoms with van der Waals surface area (Å²) in [4.78, 5) is 23.5. The Balaban J connectivity index is 1.77. The zero-order valence-electron chi connectivity index (χ0n) is 14.4. The van der Waals surface area contributed by atoms with Gasteiger partial charge < -0.3 is 20.6 Å². The Morgan fingerprint density at radius 1 is 1.42 bits per heavy atom. The Morgan fingerprint density at radius 3 is 2.96 bits per heavy atom. The summed E-state index contributed by atoms with van der Waals surface area (Å²) in [5, 5.41) is 12.6. The molecule has 26 heavy (non-hydrogen) atoms. The minimum absolute atomic E-state index is 0.286. The number of carbonyl (C=O) groups is 1. The number of nitrogens with two attached hydrogens (primary N) is 1. The number of nitrogens with one attached hydrogen (secondary N) is 2. The molecule has 4 N–H and O–H groups in total. The van der Waals surface area contributed by atoms with Crippen LogP contribution < -0.4 is 11.1 Å². The molecule has 0 aromatic carbocycles. The summed E-state index contributed by atoms with van der Waals surface area (Å²) >= 11 is 0. The van der Waals surface area contributed by atoms with E-state index in [4.69, 9.17) is 16.0 Å². The van der Waals surface area contributed by atoms with Gasteiger partial charge in [-0.25, -0.2) is 14.8 Å². The van der Waals surface area contributed by atoms with Crippen molar-refractivity contribution in [3.8, 4) is 6.07 Å². The number of urea groups is 1. The Morgan fingerprint density at radius 2 is 2.23 bits per heavy atom. The molecule has 2 amide bonds. The highest BCUT2D eigenvalue weighted by molar-refractivity contribution is 6.01. The molecule has 1 aliphatic rings. The van der Waals surface area contributed by atoms with Crippen LogP contribution in [0.3, 0.4) is 0 Å². The number of nitriles is 1. The fraction of sp³-hybridized carbons (Fsp3) is 0.444. The number of aromatic amines is 1. The van der Waals surface area contributed by atoms with Gasteiger partial charge in [0.25, 0.3) is 0 Å². The monoisotopic (exact) mass is 351 g/mol. The summed E-state index contributed by atoms with van der Waals surface area (Å²) in [5.74, 6) is 1.27. The topological polar surface area (TPSA) is 125 Å². The van der Waals surface area contributed by atoms with Gasteiger partial charge in [-0.1, -0.05) is 0 Å². The van der Waals surface area contributed by atoms with Crippen molar-refractivity contribution in [3.63, 3.8) is 0 Å². The lowest BCUT2D eigenvalue weighted by molar-refractivity contribution is 0.247. The lowest BCUT2D eigenvalue weighted by Gasteiger charge is -2.30. The van der Waals surface area contributed by atoms with Gasteiger partial charge in [-0.2, -0.15) is 5.26 Å². The Kier molecular flexibility index (Phi) is 4.21. The predicted octanol–water partition coefficient (Wildman–Crippen LogP) is 2.73. The molecule has 0 saturated heterocycles. The zero-order chi connectivity index (χ0) is 18.1. The number of amides is 2. The van der Waals surface area contributed by atoms with E-state index < -0.39 is 6.03 Å². The van der Waals surface area contributed by atoms with Crippen LogP contribution in [0, 0.1) is 17.2 Å². The minimum Gasteiger partial charge on any atom is -0.352 e. The number of rotatable bonds is 4. The molecule has 3 heterocycles. The number of fused-ring (bicyclic) bond motifs is 3. The number of pyridine rings is 1. The maximum atomic E-state index is 11.2. The summed E-state index contributed by atoms with van der Waals surface area (Å²) in [7, 11) is 0. The Labute approximate surface area is 150 Å². The first kappa shape index (κ1) is 16.4. The van der Waals surface area contributed by atoms with Gasteiger partial charge in [-0.15, -0.1) is 0 Å². The normalized spacial score (nSPS) is 20.3. The number of aromatic nitrogens is 4. The van der Waals surface area contributed by atoms with E-state index in [-0.39, 0.29) is 6.54 Å². The van der Waals surface area contributed by atoms with Crippen molar-refractivity contribution >= 4 is 28.1 Å². The van der Waals surface area contributed by atoms with Crippen LogP contribution in [0.1, 0.15) is 44.0 Å². The van der Waals surface area contributed by atoms with E-state index in [1.165, 1.54) is 0 Å². The van der Waals surface area contributed by atoms with Crippen LogP contribution in [0.4, 0.5) is 4.79 Å². The fourth-order valence-electron chi connectivity index (χ4n) is 4.06. The third-order valence-corrected chi connectivity index (χ3v) is 5.29. The lowest BCUT2D eigenvalue weighted by atomic mass is 9.84. The second kappa shape index (κ2) is 6.67. The highest BCUT2D eigenvalue weighted by Gasteiger charge is 2.26. The van der Waals surface area contributed by atoms with Crippen molar-refractivity contribution < 1.29 is 4.79 Å². The van der Waals surface area contributed by atoms with Crippen LogP contribution in [-0.4, -0.2) is 25.6 Å². The number of hydrogen-bond donors (Lipinski definition) is 3. The number of nitrogens with zero attached hydrogens (tertiary/aromatic N) is 4. The first-order valence-corrected chi connectivity index (χ1v) is 8.90. The lowest BCUT2D eigenvalue weighted by Crippen LogP contribution is -2.30. The molecule has 8 nitrogen and oxygen atoms in total. The molecule has 0 bridgehead atoms. The maximum absolute atomic E-state index is 11.2. The van der Waals surface area contributed by atoms with Crippen molar-refractivity contribution in [2.75, 3.05) is 0 Å². The number of imidazole rings is 1. The van der Waals surface area contributed by atoms with Crippen molar-refractivity contribution in [1.29, 1.82) is 5.26 Å². The third kappa shape index (κ3) is 2.86. The molecule has 0 aliphatic heterocycles. The molecular weight excluding hydrogens is 330 g/mol. The molecular formula is C18H21N7O. The number of carbonyl (C=O) groups excluding carboxylic acids is 1. The summed E-state index contributed by atoms with van der Waals surface area (Å²) in [6, 6.07) is 4.03. The first-order chi connectivity index (χ1) is 12.7. The zero-order valence-corrected chi connectivity index (χ0v) is 14.4. The van der Waals surface area contributed by atoms with Crippen molar-refractivity contribution in [2.24, 2.45) is 11.7 Å². The van der Waals surface area contributed by atoms with E-state index in [2.05, 4.69) is 25.9 Å². The number of hydrogen-bond acceptors (Lipinski definition) is 4. The Bertz CT molecular complexity index is 988. The largest absolute Gasteiger partial charge is 0.352 e. The number of H-pyrrole nitrogens is 1. The second-order valence-electron chi connectivity index (χ2n) is 6.88. The van der Waals surface area contributed by atoms with E-state index in [1.807, 2.05) is 12.3 Å². The van der Waals surface area contributed by atoms with Gasteiger partial charge in [-0.3, -0.25) is 0 Å².